The van der Waals surface area contributed by atoms with Crippen LogP contribution in [0.3, 0.4) is 0 Å². The van der Waals surface area contributed by atoms with Crippen LogP contribution in [0.15, 0.2) is 36.4 Å². The van der Waals surface area contributed by atoms with Gasteiger partial charge in [-0.2, -0.15) is 5.10 Å². The van der Waals surface area contributed by atoms with Crippen LogP contribution in [0.5, 0.6) is 0 Å². The molecule has 1 fully saturated rings. The molecule has 1 aromatic carbocycles. The fourth-order valence-electron chi connectivity index (χ4n) is 3.37. The zero-order valence-corrected chi connectivity index (χ0v) is 14.5. The van der Waals surface area contributed by atoms with Gasteiger partial charge in [0.25, 0.3) is 0 Å². The zero-order valence-electron chi connectivity index (χ0n) is 14.5. The Labute approximate surface area is 142 Å². The molecule has 0 radical (unpaired) electrons. The molecule has 2 atom stereocenters. The molecular weight excluding hydrogens is 302 g/mol. The van der Waals surface area contributed by atoms with E-state index in [9.17, 15) is 9.90 Å². The van der Waals surface area contributed by atoms with Gasteiger partial charge in [0.2, 0.25) is 0 Å². The molecule has 2 N–H and O–H groups in total. The van der Waals surface area contributed by atoms with Crippen molar-refractivity contribution in [2.24, 2.45) is 5.92 Å². The van der Waals surface area contributed by atoms with E-state index in [4.69, 9.17) is 0 Å². The molecule has 1 aliphatic rings. The van der Waals surface area contributed by atoms with Crippen molar-refractivity contribution in [1.82, 2.24) is 15.1 Å². The van der Waals surface area contributed by atoms with Crippen molar-refractivity contribution in [2.75, 3.05) is 13.1 Å². The quantitative estimate of drug-likeness (QED) is 0.906. The summed E-state index contributed by atoms with van der Waals surface area (Å²) in [4.78, 5) is 13.9. The Morgan fingerprint density at radius 1 is 1.29 bits per heavy atom. The lowest BCUT2D eigenvalue weighted by atomic mass is 9.89. The number of carbonyl (C=O) groups is 1. The first-order valence-corrected chi connectivity index (χ1v) is 8.39. The summed E-state index contributed by atoms with van der Waals surface area (Å²) in [6.07, 6.45) is 0. The summed E-state index contributed by atoms with van der Waals surface area (Å²) in [5.74, 6) is -1.04. The van der Waals surface area contributed by atoms with Crippen molar-refractivity contribution in [3.05, 3.63) is 53.3 Å². The minimum atomic E-state index is -0.716. The third-order valence-corrected chi connectivity index (χ3v) is 4.73. The fraction of sp³-hybridized carbons (Fsp3) is 0.474. The average Bonchev–Trinajstić information content (AvgIpc) is 3.15. The highest BCUT2D eigenvalue weighted by Crippen LogP contribution is 2.33. The number of likely N-dealkylation sites (tertiary alicyclic amines) is 1. The molecule has 2 aromatic rings. The fourth-order valence-corrected chi connectivity index (χ4v) is 3.37. The topological polar surface area (TPSA) is 69.2 Å². The van der Waals surface area contributed by atoms with Gasteiger partial charge >= 0.3 is 5.97 Å². The molecule has 0 spiro atoms. The smallest absolute Gasteiger partial charge is 0.308 e. The predicted octanol–water partition coefficient (Wildman–Crippen LogP) is 3.01. The maximum Gasteiger partial charge on any atom is 0.308 e. The Kier molecular flexibility index (Phi) is 4.45. The molecule has 3 rings (SSSR count). The second kappa shape index (κ2) is 6.40. The van der Waals surface area contributed by atoms with Crippen LogP contribution in [0.4, 0.5) is 0 Å². The number of H-pyrrole nitrogens is 1. The number of hydrogen-bond donors (Lipinski definition) is 2. The average molecular weight is 327 g/mol. The molecular formula is C19H25N3O2. The standard InChI is InChI=1S/C19H25N3O2/c1-19(2,3)17-9-14(20-21-17)10-22-11-15(16(12-22)18(23)24)13-7-5-4-6-8-13/h4-9,15-16H,10-12H2,1-3H3,(H,20,21)(H,23,24)/t15-,16+/m0/s1. The molecule has 0 aliphatic carbocycles. The van der Waals surface area contributed by atoms with E-state index in [0.29, 0.717) is 13.1 Å². The Balaban J connectivity index is 1.74. The van der Waals surface area contributed by atoms with Crippen LogP contribution >= 0.6 is 0 Å². The van der Waals surface area contributed by atoms with Gasteiger partial charge in [0.05, 0.1) is 11.6 Å². The van der Waals surface area contributed by atoms with Crippen molar-refractivity contribution < 1.29 is 9.90 Å². The number of aromatic nitrogens is 2. The third kappa shape index (κ3) is 3.51. The molecule has 0 bridgehead atoms. The van der Waals surface area contributed by atoms with Crippen molar-refractivity contribution in [1.29, 1.82) is 0 Å². The van der Waals surface area contributed by atoms with E-state index in [-0.39, 0.29) is 17.3 Å². The second-order valence-corrected chi connectivity index (χ2v) is 7.68. The molecule has 0 saturated carbocycles. The largest absolute Gasteiger partial charge is 0.481 e. The van der Waals surface area contributed by atoms with Gasteiger partial charge in [-0.25, -0.2) is 0 Å². The van der Waals surface area contributed by atoms with Crippen LogP contribution in [0.2, 0.25) is 0 Å². The Morgan fingerprint density at radius 2 is 2.00 bits per heavy atom. The van der Waals surface area contributed by atoms with Gasteiger partial charge in [-0.1, -0.05) is 51.1 Å². The molecule has 0 unspecified atom stereocenters. The van der Waals surface area contributed by atoms with E-state index in [2.05, 4.69) is 41.9 Å². The van der Waals surface area contributed by atoms with Gasteiger partial charge in [0.1, 0.15) is 0 Å². The number of benzene rings is 1. The lowest BCUT2D eigenvalue weighted by Gasteiger charge is -2.15. The highest BCUT2D eigenvalue weighted by molar-refractivity contribution is 5.72. The van der Waals surface area contributed by atoms with Gasteiger partial charge in [0, 0.05) is 36.7 Å². The van der Waals surface area contributed by atoms with Crippen LogP contribution in [0.25, 0.3) is 0 Å². The van der Waals surface area contributed by atoms with E-state index in [1.807, 2.05) is 30.3 Å². The highest BCUT2D eigenvalue weighted by Gasteiger charge is 2.38. The zero-order chi connectivity index (χ0) is 17.3. The number of aromatic amines is 1. The van der Waals surface area contributed by atoms with Crippen LogP contribution in [0.1, 0.15) is 43.6 Å². The van der Waals surface area contributed by atoms with E-state index >= 15 is 0 Å². The Morgan fingerprint density at radius 3 is 2.58 bits per heavy atom. The molecule has 1 saturated heterocycles. The van der Waals surface area contributed by atoms with Gasteiger partial charge in [0.15, 0.2) is 0 Å². The molecule has 5 heteroatoms. The SMILES string of the molecule is CC(C)(C)c1cc(CN2C[C@@H](C(=O)O)[C@H](c3ccccc3)C2)[nH]n1. The number of carboxylic acid groups (broad SMARTS) is 1. The molecule has 1 aliphatic heterocycles. The van der Waals surface area contributed by atoms with Crippen molar-refractivity contribution >= 4 is 5.97 Å². The number of hydrogen-bond acceptors (Lipinski definition) is 3. The molecule has 0 amide bonds. The maximum atomic E-state index is 11.7. The summed E-state index contributed by atoms with van der Waals surface area (Å²) >= 11 is 0. The number of carboxylic acids is 1. The summed E-state index contributed by atoms with van der Waals surface area (Å²) < 4.78 is 0. The van der Waals surface area contributed by atoms with Gasteiger partial charge in [-0.3, -0.25) is 14.8 Å². The molecule has 128 valence electrons. The predicted molar refractivity (Wildman–Crippen MR) is 92.9 cm³/mol. The van der Waals surface area contributed by atoms with Crippen molar-refractivity contribution in [2.45, 2.75) is 38.6 Å². The summed E-state index contributed by atoms with van der Waals surface area (Å²) in [6, 6.07) is 12.1. The monoisotopic (exact) mass is 327 g/mol. The van der Waals surface area contributed by atoms with Crippen LogP contribution < -0.4 is 0 Å². The summed E-state index contributed by atoms with van der Waals surface area (Å²) in [5, 5.41) is 17.1. The van der Waals surface area contributed by atoms with E-state index < -0.39 is 5.97 Å². The van der Waals surface area contributed by atoms with Crippen molar-refractivity contribution in [3.63, 3.8) is 0 Å². The van der Waals surface area contributed by atoms with Gasteiger partial charge in [-0.15, -0.1) is 0 Å². The number of aliphatic carboxylic acids is 1. The highest BCUT2D eigenvalue weighted by atomic mass is 16.4. The Bertz CT molecular complexity index is 703. The number of nitrogens with one attached hydrogen (secondary N) is 1. The molecule has 2 heterocycles. The second-order valence-electron chi connectivity index (χ2n) is 7.68. The third-order valence-electron chi connectivity index (χ3n) is 4.73. The normalized spacial score (nSPS) is 22.0. The lowest BCUT2D eigenvalue weighted by molar-refractivity contribution is -0.141. The van der Waals surface area contributed by atoms with Gasteiger partial charge in [-0.05, 0) is 11.6 Å². The van der Waals surface area contributed by atoms with E-state index in [1.165, 1.54) is 0 Å². The van der Waals surface area contributed by atoms with Crippen LogP contribution in [-0.2, 0) is 16.8 Å². The molecule has 24 heavy (non-hydrogen) atoms. The summed E-state index contributed by atoms with van der Waals surface area (Å²) in [6.45, 7) is 8.43. The first-order chi connectivity index (χ1) is 11.3. The first-order valence-electron chi connectivity index (χ1n) is 8.39. The van der Waals surface area contributed by atoms with Crippen molar-refractivity contribution in [3.8, 4) is 0 Å². The molecule has 1 aromatic heterocycles. The minimum Gasteiger partial charge on any atom is -0.481 e. The van der Waals surface area contributed by atoms with Crippen LogP contribution in [-0.4, -0.2) is 39.3 Å². The number of nitrogens with zero attached hydrogens (tertiary/aromatic N) is 2. The first kappa shape index (κ1) is 16.7. The summed E-state index contributed by atoms with van der Waals surface area (Å²) in [7, 11) is 0. The van der Waals surface area contributed by atoms with Crippen LogP contribution in [0, 0.1) is 5.92 Å². The maximum absolute atomic E-state index is 11.7. The van der Waals surface area contributed by atoms with Gasteiger partial charge < -0.3 is 5.11 Å². The lowest BCUT2D eigenvalue weighted by Crippen LogP contribution is -2.23. The number of rotatable bonds is 4. The van der Waals surface area contributed by atoms with E-state index in [0.717, 1.165) is 23.5 Å². The molecule has 5 nitrogen and oxygen atoms in total. The Hall–Kier alpha value is -2.14. The summed E-state index contributed by atoms with van der Waals surface area (Å²) in [5.41, 5.74) is 3.19. The van der Waals surface area contributed by atoms with E-state index in [1.54, 1.807) is 0 Å². The minimum absolute atomic E-state index is 0.00985.